The maximum Gasteiger partial charge on any atom is 0.322 e. The molecule has 0 aliphatic carbocycles. The van der Waals surface area contributed by atoms with E-state index in [1.807, 2.05) is 41.3 Å². The van der Waals surface area contributed by atoms with E-state index in [0.29, 0.717) is 48.9 Å². The summed E-state index contributed by atoms with van der Waals surface area (Å²) in [5, 5.41) is 5.84. The second kappa shape index (κ2) is 8.59. The van der Waals surface area contributed by atoms with Crippen LogP contribution in [0.2, 0.25) is 5.02 Å². The van der Waals surface area contributed by atoms with Crippen molar-refractivity contribution in [2.75, 3.05) is 19.9 Å². The number of rotatable bonds is 5. The summed E-state index contributed by atoms with van der Waals surface area (Å²) in [6.45, 7) is 1.23. The number of likely N-dealkylation sites (tertiary alicyclic amines) is 1. The highest BCUT2D eigenvalue weighted by Crippen LogP contribution is 2.36. The first kappa shape index (κ1) is 21.6. The van der Waals surface area contributed by atoms with Gasteiger partial charge < -0.3 is 19.7 Å². The third kappa shape index (κ3) is 4.11. The van der Waals surface area contributed by atoms with Crippen LogP contribution in [0.25, 0.3) is 0 Å². The van der Waals surface area contributed by atoms with Gasteiger partial charge in [-0.05, 0) is 48.1 Å². The molecule has 172 valence electrons. The molecule has 1 atom stereocenters. The molecule has 0 saturated carbocycles. The Morgan fingerprint density at radius 2 is 1.85 bits per heavy atom. The van der Waals surface area contributed by atoms with E-state index in [-0.39, 0.29) is 30.9 Å². The molecule has 3 heterocycles. The topological polar surface area (TPSA) is 97.0 Å². The van der Waals surface area contributed by atoms with Gasteiger partial charge in [-0.15, -0.1) is 0 Å². The fraction of sp³-hybridized carbons (Fsp3) is 0.375. The second-order valence-electron chi connectivity index (χ2n) is 8.67. The molecule has 2 aromatic carbocycles. The van der Waals surface area contributed by atoms with Gasteiger partial charge in [0.05, 0.1) is 6.42 Å². The van der Waals surface area contributed by atoms with Gasteiger partial charge >= 0.3 is 6.03 Å². The van der Waals surface area contributed by atoms with Crippen LogP contribution < -0.4 is 20.1 Å². The van der Waals surface area contributed by atoms with Crippen LogP contribution in [-0.2, 0) is 22.4 Å². The molecule has 8 nitrogen and oxygen atoms in total. The Balaban J connectivity index is 1.27. The number of benzene rings is 2. The van der Waals surface area contributed by atoms with Gasteiger partial charge in [0.2, 0.25) is 12.7 Å². The first-order chi connectivity index (χ1) is 15.9. The lowest BCUT2D eigenvalue weighted by molar-refractivity contribution is -0.133. The maximum atomic E-state index is 12.9. The van der Waals surface area contributed by atoms with Gasteiger partial charge in [-0.3, -0.25) is 14.9 Å². The Morgan fingerprint density at radius 1 is 1.09 bits per heavy atom. The summed E-state index contributed by atoms with van der Waals surface area (Å²) < 4.78 is 10.7. The minimum atomic E-state index is -1.07. The first-order valence-electron chi connectivity index (χ1n) is 11.0. The van der Waals surface area contributed by atoms with E-state index >= 15 is 0 Å². The summed E-state index contributed by atoms with van der Waals surface area (Å²) in [7, 11) is 0. The molecule has 0 bridgehead atoms. The number of nitrogens with one attached hydrogen (secondary N) is 2. The van der Waals surface area contributed by atoms with Gasteiger partial charge in [0, 0.05) is 24.5 Å². The molecule has 0 spiro atoms. The minimum absolute atomic E-state index is 0.0207. The number of ether oxygens (including phenoxy) is 2. The van der Waals surface area contributed by atoms with Crippen LogP contribution in [0.4, 0.5) is 4.79 Å². The molecule has 3 aliphatic rings. The standard InChI is InChI=1S/C24H24ClN3O5/c25-18-4-2-1-3-16(18)13-24(22(30)26-23(31)27-24)17-7-9-28(10-8-17)21(29)12-15-5-6-19-20(11-15)33-14-32-19/h1-6,11,17H,7-10,12-14H2,(H2,26,27,30,31). The molecular formula is C24H24ClN3O5. The molecule has 5 rings (SSSR count). The van der Waals surface area contributed by atoms with Gasteiger partial charge in [-0.2, -0.15) is 0 Å². The van der Waals surface area contributed by atoms with Crippen molar-refractivity contribution < 1.29 is 23.9 Å². The normalized spacial score (nSPS) is 22.3. The van der Waals surface area contributed by atoms with E-state index in [0.717, 1.165) is 11.1 Å². The zero-order chi connectivity index (χ0) is 23.0. The maximum absolute atomic E-state index is 12.9. The molecule has 2 N–H and O–H groups in total. The second-order valence-corrected chi connectivity index (χ2v) is 9.07. The van der Waals surface area contributed by atoms with Crippen molar-refractivity contribution in [3.63, 3.8) is 0 Å². The number of amides is 4. The van der Waals surface area contributed by atoms with Crippen LogP contribution in [0.1, 0.15) is 24.0 Å². The third-order valence-electron chi connectivity index (χ3n) is 6.73. The molecule has 3 aliphatic heterocycles. The molecular weight excluding hydrogens is 446 g/mol. The largest absolute Gasteiger partial charge is 0.454 e. The predicted molar refractivity (Wildman–Crippen MR) is 120 cm³/mol. The number of piperidine rings is 1. The minimum Gasteiger partial charge on any atom is -0.454 e. The van der Waals surface area contributed by atoms with Crippen LogP contribution in [0, 0.1) is 5.92 Å². The molecule has 0 aromatic heterocycles. The monoisotopic (exact) mass is 469 g/mol. The van der Waals surface area contributed by atoms with Gasteiger partial charge in [0.25, 0.3) is 5.91 Å². The van der Waals surface area contributed by atoms with Crippen molar-refractivity contribution in [2.24, 2.45) is 5.92 Å². The highest BCUT2D eigenvalue weighted by Gasteiger charge is 2.52. The van der Waals surface area contributed by atoms with E-state index in [1.165, 1.54) is 0 Å². The lowest BCUT2D eigenvalue weighted by atomic mass is 9.74. The number of carbonyl (C=O) groups excluding carboxylic acids is 3. The molecule has 2 saturated heterocycles. The number of imide groups is 1. The van der Waals surface area contributed by atoms with E-state index < -0.39 is 11.6 Å². The fourth-order valence-corrected chi connectivity index (χ4v) is 5.17. The van der Waals surface area contributed by atoms with Crippen molar-refractivity contribution in [1.29, 1.82) is 0 Å². The summed E-state index contributed by atoms with van der Waals surface area (Å²) in [4.78, 5) is 39.7. The average Bonchev–Trinajstić information content (AvgIpc) is 3.39. The Bertz CT molecular complexity index is 1120. The number of fused-ring (bicyclic) bond motifs is 1. The van der Waals surface area contributed by atoms with E-state index in [1.54, 1.807) is 6.07 Å². The Hall–Kier alpha value is -3.26. The summed E-state index contributed by atoms with van der Waals surface area (Å²) in [6.07, 6.45) is 1.78. The number of carbonyl (C=O) groups is 3. The van der Waals surface area contributed by atoms with E-state index in [2.05, 4.69) is 10.6 Å². The molecule has 1 unspecified atom stereocenters. The Kier molecular flexibility index (Phi) is 5.62. The zero-order valence-electron chi connectivity index (χ0n) is 17.9. The van der Waals surface area contributed by atoms with Gasteiger partial charge in [0.1, 0.15) is 5.54 Å². The van der Waals surface area contributed by atoms with Crippen LogP contribution >= 0.6 is 11.6 Å². The summed E-state index contributed by atoms with van der Waals surface area (Å²) >= 11 is 6.35. The summed E-state index contributed by atoms with van der Waals surface area (Å²) in [5.41, 5.74) is 0.593. The number of nitrogens with zero attached hydrogens (tertiary/aromatic N) is 1. The van der Waals surface area contributed by atoms with Gasteiger partial charge in [-0.1, -0.05) is 35.9 Å². The average molecular weight is 470 g/mol. The summed E-state index contributed by atoms with van der Waals surface area (Å²) in [5.74, 6) is 0.913. The molecule has 0 radical (unpaired) electrons. The molecule has 2 aromatic rings. The van der Waals surface area contributed by atoms with Crippen LogP contribution in [0.5, 0.6) is 11.5 Å². The lowest BCUT2D eigenvalue weighted by Gasteiger charge is -2.41. The van der Waals surface area contributed by atoms with E-state index in [4.69, 9.17) is 21.1 Å². The predicted octanol–water partition coefficient (Wildman–Crippen LogP) is 2.67. The number of hydrogen-bond donors (Lipinski definition) is 2. The third-order valence-corrected chi connectivity index (χ3v) is 7.10. The van der Waals surface area contributed by atoms with Gasteiger partial charge in [-0.25, -0.2) is 4.79 Å². The van der Waals surface area contributed by atoms with E-state index in [9.17, 15) is 14.4 Å². The first-order valence-corrected chi connectivity index (χ1v) is 11.4. The van der Waals surface area contributed by atoms with Gasteiger partial charge in [0.15, 0.2) is 11.5 Å². The molecule has 33 heavy (non-hydrogen) atoms. The number of hydrogen-bond acceptors (Lipinski definition) is 5. The number of halogens is 1. The number of urea groups is 1. The Morgan fingerprint density at radius 3 is 2.58 bits per heavy atom. The summed E-state index contributed by atoms with van der Waals surface area (Å²) in [6, 6.07) is 12.4. The Labute approximate surface area is 196 Å². The molecule has 2 fully saturated rings. The zero-order valence-corrected chi connectivity index (χ0v) is 18.7. The van der Waals surface area contributed by atoms with Crippen molar-refractivity contribution in [3.8, 4) is 11.5 Å². The van der Waals surface area contributed by atoms with Crippen molar-refractivity contribution in [2.45, 2.75) is 31.2 Å². The smallest absolute Gasteiger partial charge is 0.322 e. The van der Waals surface area contributed by atoms with Crippen molar-refractivity contribution in [3.05, 3.63) is 58.6 Å². The highest BCUT2D eigenvalue weighted by atomic mass is 35.5. The van der Waals surface area contributed by atoms with Crippen LogP contribution in [-0.4, -0.2) is 48.2 Å². The molecule has 9 heteroatoms. The van der Waals surface area contributed by atoms with Crippen LogP contribution in [0.3, 0.4) is 0 Å². The molecule has 4 amide bonds. The highest BCUT2D eigenvalue weighted by molar-refractivity contribution is 6.31. The van der Waals surface area contributed by atoms with Crippen molar-refractivity contribution >= 4 is 29.4 Å². The van der Waals surface area contributed by atoms with Crippen molar-refractivity contribution in [1.82, 2.24) is 15.5 Å². The SMILES string of the molecule is O=C1NC(=O)C(Cc2ccccc2Cl)(C2CCN(C(=O)Cc3ccc4c(c3)OCO4)CC2)N1. The quantitative estimate of drug-likeness (QED) is 0.656. The van der Waals surface area contributed by atoms with Crippen LogP contribution in [0.15, 0.2) is 42.5 Å². The lowest BCUT2D eigenvalue weighted by Crippen LogP contribution is -2.58. The fourth-order valence-electron chi connectivity index (χ4n) is 4.96.